The first-order chi connectivity index (χ1) is 8.88. The number of nitrogens with zero attached hydrogens (tertiary/aromatic N) is 2. The van der Waals surface area contributed by atoms with E-state index < -0.39 is 0 Å². The van der Waals surface area contributed by atoms with Crippen LogP contribution in [0.3, 0.4) is 0 Å². The van der Waals surface area contributed by atoms with Gasteiger partial charge >= 0.3 is 0 Å². The van der Waals surface area contributed by atoms with Gasteiger partial charge in [-0.15, -0.1) is 0 Å². The zero-order chi connectivity index (χ0) is 14.0. The van der Waals surface area contributed by atoms with Gasteiger partial charge in [0.15, 0.2) is 0 Å². The van der Waals surface area contributed by atoms with Crippen molar-refractivity contribution in [3.05, 3.63) is 46.7 Å². The van der Waals surface area contributed by atoms with Gasteiger partial charge in [-0.3, -0.25) is 4.68 Å². The molecule has 0 aliphatic carbocycles. The van der Waals surface area contributed by atoms with E-state index in [9.17, 15) is 0 Å². The number of anilines is 1. The molecule has 0 bridgehead atoms. The van der Waals surface area contributed by atoms with Crippen LogP contribution in [0.2, 0.25) is 5.02 Å². The Labute approximate surface area is 119 Å². The molecule has 4 heteroatoms. The predicted octanol–water partition coefficient (Wildman–Crippen LogP) is 4.21. The van der Waals surface area contributed by atoms with Crippen LogP contribution < -0.4 is 5.32 Å². The molecule has 0 aliphatic heterocycles. The third kappa shape index (κ3) is 3.29. The molecule has 0 spiro atoms. The molecule has 0 amide bonds. The number of halogens is 1. The van der Waals surface area contributed by atoms with Gasteiger partial charge in [0.05, 0.1) is 22.4 Å². The van der Waals surface area contributed by atoms with Crippen LogP contribution in [0.15, 0.2) is 30.6 Å². The number of hydrogen-bond acceptors (Lipinski definition) is 2. The Morgan fingerprint density at radius 3 is 2.63 bits per heavy atom. The van der Waals surface area contributed by atoms with E-state index in [0.29, 0.717) is 0 Å². The monoisotopic (exact) mass is 277 g/mol. The van der Waals surface area contributed by atoms with E-state index in [4.69, 9.17) is 11.6 Å². The minimum absolute atomic E-state index is 0.0125. The molecule has 19 heavy (non-hydrogen) atoms. The fraction of sp³-hybridized carbons (Fsp3) is 0.400. The topological polar surface area (TPSA) is 29.9 Å². The quantitative estimate of drug-likeness (QED) is 0.911. The maximum Gasteiger partial charge on any atom is 0.0640 e. The summed E-state index contributed by atoms with van der Waals surface area (Å²) in [5.41, 5.74) is 3.30. The fourth-order valence-corrected chi connectivity index (χ4v) is 2.15. The van der Waals surface area contributed by atoms with Crippen molar-refractivity contribution in [2.45, 2.75) is 39.8 Å². The third-order valence-electron chi connectivity index (χ3n) is 3.01. The summed E-state index contributed by atoms with van der Waals surface area (Å²) in [6, 6.07) is 5.91. The number of aryl methyl sites for hydroxylation is 1. The number of hydrogen-bond donors (Lipinski definition) is 1. The summed E-state index contributed by atoms with van der Waals surface area (Å²) < 4.78 is 1.98. The second kappa shape index (κ2) is 5.25. The van der Waals surface area contributed by atoms with Crippen molar-refractivity contribution >= 4 is 17.3 Å². The van der Waals surface area contributed by atoms with Crippen LogP contribution in [0.1, 0.15) is 31.9 Å². The highest BCUT2D eigenvalue weighted by molar-refractivity contribution is 6.33. The average molecular weight is 278 g/mol. The molecule has 0 unspecified atom stereocenters. The van der Waals surface area contributed by atoms with Crippen molar-refractivity contribution in [3.8, 4) is 0 Å². The number of aromatic nitrogens is 2. The molecular formula is C15H20ClN3. The van der Waals surface area contributed by atoms with Crippen LogP contribution in [0.5, 0.6) is 0 Å². The standard InChI is InChI=1S/C15H20ClN3/c1-11-6-5-7-13(16)14(11)17-8-12-9-18-19(10-12)15(2,3)4/h5-7,9-10,17H,8H2,1-4H3. The molecule has 0 fully saturated rings. The zero-order valence-corrected chi connectivity index (χ0v) is 12.6. The molecule has 0 aliphatic rings. The van der Waals surface area contributed by atoms with Crippen LogP contribution in [-0.2, 0) is 12.1 Å². The Morgan fingerprint density at radius 2 is 2.05 bits per heavy atom. The van der Waals surface area contributed by atoms with Crippen molar-refractivity contribution in [1.29, 1.82) is 0 Å². The van der Waals surface area contributed by atoms with Gasteiger partial charge in [0.2, 0.25) is 0 Å². The lowest BCUT2D eigenvalue weighted by atomic mass is 10.1. The molecule has 1 aromatic heterocycles. The molecule has 0 atom stereocenters. The second-order valence-electron chi connectivity index (χ2n) is 5.75. The lowest BCUT2D eigenvalue weighted by molar-refractivity contribution is 0.355. The summed E-state index contributed by atoms with van der Waals surface area (Å²) in [4.78, 5) is 0. The number of nitrogens with one attached hydrogen (secondary N) is 1. The fourth-order valence-electron chi connectivity index (χ4n) is 1.86. The molecule has 0 saturated carbocycles. The maximum atomic E-state index is 6.19. The van der Waals surface area contributed by atoms with Crippen molar-refractivity contribution in [1.82, 2.24) is 9.78 Å². The van der Waals surface area contributed by atoms with Gasteiger partial charge in [-0.2, -0.15) is 5.10 Å². The second-order valence-corrected chi connectivity index (χ2v) is 6.16. The summed E-state index contributed by atoms with van der Waals surface area (Å²) in [5.74, 6) is 0. The van der Waals surface area contributed by atoms with Gasteiger partial charge in [0.1, 0.15) is 0 Å². The molecule has 0 saturated heterocycles. The Bertz CT molecular complexity index is 547. The van der Waals surface area contributed by atoms with Crippen LogP contribution in [0.25, 0.3) is 0 Å². The molecular weight excluding hydrogens is 258 g/mol. The molecule has 0 radical (unpaired) electrons. The summed E-state index contributed by atoms with van der Waals surface area (Å²) >= 11 is 6.19. The van der Waals surface area contributed by atoms with E-state index in [0.717, 1.165) is 28.4 Å². The Kier molecular flexibility index (Phi) is 3.85. The third-order valence-corrected chi connectivity index (χ3v) is 3.33. The first-order valence-electron chi connectivity index (χ1n) is 6.41. The number of para-hydroxylation sites is 1. The summed E-state index contributed by atoms with van der Waals surface area (Å²) in [6.07, 6.45) is 3.96. The van der Waals surface area contributed by atoms with Crippen molar-refractivity contribution in [3.63, 3.8) is 0 Å². The first kappa shape index (κ1) is 13.9. The highest BCUT2D eigenvalue weighted by Crippen LogP contribution is 2.25. The SMILES string of the molecule is Cc1cccc(Cl)c1NCc1cnn(C(C)(C)C)c1. The molecule has 2 aromatic rings. The normalized spacial score (nSPS) is 11.6. The van der Waals surface area contributed by atoms with Crippen LogP contribution in [0.4, 0.5) is 5.69 Å². The maximum absolute atomic E-state index is 6.19. The molecule has 1 N–H and O–H groups in total. The summed E-state index contributed by atoms with van der Waals surface area (Å²) in [6.45, 7) is 9.17. The minimum atomic E-state index is 0.0125. The van der Waals surface area contributed by atoms with Crippen molar-refractivity contribution in [2.24, 2.45) is 0 Å². The lowest BCUT2D eigenvalue weighted by Crippen LogP contribution is -2.22. The Morgan fingerprint density at radius 1 is 1.32 bits per heavy atom. The highest BCUT2D eigenvalue weighted by atomic mass is 35.5. The van der Waals surface area contributed by atoms with E-state index in [1.165, 1.54) is 0 Å². The first-order valence-corrected chi connectivity index (χ1v) is 6.79. The zero-order valence-electron chi connectivity index (χ0n) is 11.9. The van der Waals surface area contributed by atoms with Crippen LogP contribution in [-0.4, -0.2) is 9.78 Å². The van der Waals surface area contributed by atoms with E-state index >= 15 is 0 Å². The van der Waals surface area contributed by atoms with Gasteiger partial charge in [-0.05, 0) is 39.3 Å². The molecule has 1 aromatic carbocycles. The van der Waals surface area contributed by atoms with Crippen molar-refractivity contribution < 1.29 is 0 Å². The number of benzene rings is 1. The Hall–Kier alpha value is -1.48. The van der Waals surface area contributed by atoms with Crippen LogP contribution >= 0.6 is 11.6 Å². The van der Waals surface area contributed by atoms with Gasteiger partial charge in [-0.1, -0.05) is 23.7 Å². The lowest BCUT2D eigenvalue weighted by Gasteiger charge is -2.18. The van der Waals surface area contributed by atoms with E-state index in [-0.39, 0.29) is 5.54 Å². The van der Waals surface area contributed by atoms with Gasteiger partial charge < -0.3 is 5.32 Å². The largest absolute Gasteiger partial charge is 0.379 e. The van der Waals surface area contributed by atoms with E-state index in [2.05, 4.69) is 37.4 Å². The predicted molar refractivity (Wildman–Crippen MR) is 80.7 cm³/mol. The van der Waals surface area contributed by atoms with E-state index in [1.807, 2.05) is 36.0 Å². The minimum Gasteiger partial charge on any atom is -0.379 e. The smallest absolute Gasteiger partial charge is 0.0640 e. The van der Waals surface area contributed by atoms with Gasteiger partial charge in [0, 0.05) is 18.3 Å². The van der Waals surface area contributed by atoms with Gasteiger partial charge in [0.25, 0.3) is 0 Å². The summed E-state index contributed by atoms with van der Waals surface area (Å²) in [5, 5.41) is 8.52. The molecule has 1 heterocycles. The summed E-state index contributed by atoms with van der Waals surface area (Å²) in [7, 11) is 0. The highest BCUT2D eigenvalue weighted by Gasteiger charge is 2.14. The average Bonchev–Trinajstić information content (AvgIpc) is 2.77. The number of rotatable bonds is 3. The van der Waals surface area contributed by atoms with Gasteiger partial charge in [-0.25, -0.2) is 0 Å². The van der Waals surface area contributed by atoms with Crippen molar-refractivity contribution in [2.75, 3.05) is 5.32 Å². The molecule has 2 rings (SSSR count). The molecule has 102 valence electrons. The van der Waals surface area contributed by atoms with Crippen LogP contribution in [0, 0.1) is 6.92 Å². The van der Waals surface area contributed by atoms with E-state index in [1.54, 1.807) is 0 Å². The molecule has 3 nitrogen and oxygen atoms in total. The Balaban J connectivity index is 2.09.